The standard InChI is InChI=1S/C32H34F3NO5/c1-39-31(38)30(37)36(21-9-8-12-23-10-4-2-5-11-23)28-22-25(17-20-29(28)40-26-13-6-3-7-14-26)24-15-18-27(19-16-24)41-32(33,34)35/h2,4-5,10-11,15-20,22,26H,3,6-9,12-14,21H2,1H3. The molecule has 0 bridgehead atoms. The van der Waals surface area contributed by atoms with Crippen LogP contribution in [0, 0.1) is 0 Å². The molecule has 0 aliphatic heterocycles. The second-order valence-electron chi connectivity index (χ2n) is 10.0. The molecule has 3 aromatic carbocycles. The number of nitrogens with zero attached hydrogens (tertiary/aromatic N) is 1. The Bertz CT molecular complexity index is 1290. The number of aryl methyl sites for hydroxylation is 1. The number of carbonyl (C=O) groups is 2. The van der Waals surface area contributed by atoms with Crippen molar-refractivity contribution in [3.05, 3.63) is 78.4 Å². The van der Waals surface area contributed by atoms with Gasteiger partial charge in [0.25, 0.3) is 0 Å². The third-order valence-corrected chi connectivity index (χ3v) is 7.06. The quantitative estimate of drug-likeness (QED) is 0.144. The summed E-state index contributed by atoms with van der Waals surface area (Å²) in [5.41, 5.74) is 2.85. The van der Waals surface area contributed by atoms with Gasteiger partial charge in [-0.15, -0.1) is 13.2 Å². The normalized spacial score (nSPS) is 13.9. The summed E-state index contributed by atoms with van der Waals surface area (Å²) in [4.78, 5) is 27.1. The van der Waals surface area contributed by atoms with Gasteiger partial charge in [-0.2, -0.15) is 0 Å². The largest absolute Gasteiger partial charge is 0.573 e. The van der Waals surface area contributed by atoms with E-state index in [9.17, 15) is 22.8 Å². The number of amides is 1. The van der Waals surface area contributed by atoms with Crippen LogP contribution in [0.25, 0.3) is 11.1 Å². The first-order valence-electron chi connectivity index (χ1n) is 13.8. The zero-order valence-corrected chi connectivity index (χ0v) is 23.0. The number of hydrogen-bond acceptors (Lipinski definition) is 5. The van der Waals surface area contributed by atoms with E-state index >= 15 is 0 Å². The van der Waals surface area contributed by atoms with E-state index in [2.05, 4.69) is 4.74 Å². The molecule has 0 spiro atoms. The summed E-state index contributed by atoms with van der Waals surface area (Å²) < 4.78 is 53.0. The van der Waals surface area contributed by atoms with Crippen molar-refractivity contribution in [3.8, 4) is 22.6 Å². The average molecular weight is 570 g/mol. The Morgan fingerprint density at radius 2 is 1.56 bits per heavy atom. The van der Waals surface area contributed by atoms with Gasteiger partial charge in [0.15, 0.2) is 0 Å². The molecule has 0 heterocycles. The molecule has 41 heavy (non-hydrogen) atoms. The average Bonchev–Trinajstić information content (AvgIpc) is 2.97. The van der Waals surface area contributed by atoms with Gasteiger partial charge in [0.1, 0.15) is 11.5 Å². The van der Waals surface area contributed by atoms with Gasteiger partial charge in [0.05, 0.1) is 18.9 Å². The van der Waals surface area contributed by atoms with Crippen molar-refractivity contribution in [2.75, 3.05) is 18.6 Å². The summed E-state index contributed by atoms with van der Waals surface area (Å²) in [6, 6.07) is 20.7. The molecule has 0 unspecified atom stereocenters. The molecule has 0 radical (unpaired) electrons. The fraction of sp³-hybridized carbons (Fsp3) is 0.375. The lowest BCUT2D eigenvalue weighted by Gasteiger charge is -2.28. The topological polar surface area (TPSA) is 65.1 Å². The maximum Gasteiger partial charge on any atom is 0.573 e. The van der Waals surface area contributed by atoms with Gasteiger partial charge in [-0.05, 0) is 85.9 Å². The van der Waals surface area contributed by atoms with Crippen molar-refractivity contribution in [2.45, 2.75) is 63.8 Å². The van der Waals surface area contributed by atoms with Crippen LogP contribution in [0.3, 0.4) is 0 Å². The zero-order valence-electron chi connectivity index (χ0n) is 23.0. The number of alkyl halides is 3. The number of hydrogen-bond donors (Lipinski definition) is 0. The predicted molar refractivity (Wildman–Crippen MR) is 150 cm³/mol. The molecule has 1 amide bonds. The molecule has 0 atom stereocenters. The van der Waals surface area contributed by atoms with E-state index in [1.54, 1.807) is 18.2 Å². The van der Waals surface area contributed by atoms with E-state index in [4.69, 9.17) is 9.47 Å². The molecule has 0 aromatic heterocycles. The minimum atomic E-state index is -4.79. The SMILES string of the molecule is COC(=O)C(=O)N(CCCCc1ccccc1)c1cc(-c2ccc(OC(F)(F)F)cc2)ccc1OC1CCCCC1. The predicted octanol–water partition coefficient (Wildman–Crippen LogP) is 7.49. The van der Waals surface area contributed by atoms with Crippen LogP contribution in [0.4, 0.5) is 18.9 Å². The highest BCUT2D eigenvalue weighted by Crippen LogP contribution is 2.37. The van der Waals surface area contributed by atoms with Crippen LogP contribution in [0.5, 0.6) is 11.5 Å². The van der Waals surface area contributed by atoms with Crippen molar-refractivity contribution < 1.29 is 37.0 Å². The number of benzene rings is 3. The van der Waals surface area contributed by atoms with E-state index in [0.717, 1.165) is 52.1 Å². The Kier molecular flexibility index (Phi) is 10.3. The Morgan fingerprint density at radius 1 is 0.878 bits per heavy atom. The first-order valence-corrected chi connectivity index (χ1v) is 13.8. The Hall–Kier alpha value is -4.01. The van der Waals surface area contributed by atoms with E-state index in [1.807, 2.05) is 30.3 Å². The van der Waals surface area contributed by atoms with Gasteiger partial charge in [-0.25, -0.2) is 4.79 Å². The highest BCUT2D eigenvalue weighted by molar-refractivity contribution is 6.38. The van der Waals surface area contributed by atoms with Crippen molar-refractivity contribution in [2.24, 2.45) is 0 Å². The van der Waals surface area contributed by atoms with Crippen molar-refractivity contribution >= 4 is 17.6 Å². The zero-order chi connectivity index (χ0) is 29.2. The first kappa shape index (κ1) is 30.0. The molecule has 1 fully saturated rings. The number of rotatable bonds is 10. The lowest BCUT2D eigenvalue weighted by Crippen LogP contribution is -2.38. The molecule has 218 valence electrons. The number of anilines is 1. The number of ether oxygens (including phenoxy) is 3. The second kappa shape index (κ2) is 14.1. The van der Waals surface area contributed by atoms with Gasteiger partial charge >= 0.3 is 18.2 Å². The van der Waals surface area contributed by atoms with Crippen molar-refractivity contribution in [1.29, 1.82) is 0 Å². The molecule has 3 aromatic rings. The molecule has 9 heteroatoms. The van der Waals surface area contributed by atoms with E-state index in [1.165, 1.54) is 34.7 Å². The molecule has 1 aliphatic rings. The highest BCUT2D eigenvalue weighted by atomic mass is 19.4. The summed E-state index contributed by atoms with van der Waals surface area (Å²) in [6.45, 7) is 0.254. The second-order valence-corrected chi connectivity index (χ2v) is 10.0. The van der Waals surface area contributed by atoms with Crippen LogP contribution >= 0.6 is 0 Å². The van der Waals surface area contributed by atoms with Crippen LogP contribution in [-0.2, 0) is 20.7 Å². The number of unbranched alkanes of at least 4 members (excludes halogenated alkanes) is 1. The molecule has 4 rings (SSSR count). The maximum absolute atomic E-state index is 13.3. The lowest BCUT2D eigenvalue weighted by molar-refractivity contribution is -0.274. The number of halogens is 3. The van der Waals surface area contributed by atoms with Crippen LogP contribution in [0.2, 0.25) is 0 Å². The summed E-state index contributed by atoms with van der Waals surface area (Å²) in [7, 11) is 1.16. The van der Waals surface area contributed by atoms with Crippen molar-refractivity contribution in [3.63, 3.8) is 0 Å². The summed E-state index contributed by atoms with van der Waals surface area (Å²) in [5, 5.41) is 0. The van der Waals surface area contributed by atoms with Crippen molar-refractivity contribution in [1.82, 2.24) is 0 Å². The summed E-state index contributed by atoms with van der Waals surface area (Å²) in [6.07, 6.45) is 2.45. The molecule has 6 nitrogen and oxygen atoms in total. The third-order valence-electron chi connectivity index (χ3n) is 7.06. The van der Waals surface area contributed by atoms with E-state index in [0.29, 0.717) is 29.0 Å². The monoisotopic (exact) mass is 569 g/mol. The lowest BCUT2D eigenvalue weighted by atomic mass is 9.97. The number of methoxy groups -OCH3 is 1. The Balaban J connectivity index is 1.64. The fourth-order valence-corrected chi connectivity index (χ4v) is 4.99. The molecule has 1 aliphatic carbocycles. The Labute approximate surface area is 238 Å². The highest BCUT2D eigenvalue weighted by Gasteiger charge is 2.31. The smallest absolute Gasteiger partial charge is 0.488 e. The Morgan fingerprint density at radius 3 is 2.22 bits per heavy atom. The van der Waals surface area contributed by atoms with Crippen LogP contribution < -0.4 is 14.4 Å². The maximum atomic E-state index is 13.3. The van der Waals surface area contributed by atoms with Crippen LogP contribution in [0.15, 0.2) is 72.8 Å². The number of carbonyl (C=O) groups excluding carboxylic acids is 2. The summed E-state index contributed by atoms with van der Waals surface area (Å²) >= 11 is 0. The minimum absolute atomic E-state index is 0.0136. The summed E-state index contributed by atoms with van der Waals surface area (Å²) in [5.74, 6) is -1.67. The minimum Gasteiger partial charge on any atom is -0.488 e. The van der Waals surface area contributed by atoms with Crippen LogP contribution in [0.1, 0.15) is 50.5 Å². The van der Waals surface area contributed by atoms with E-state index < -0.39 is 18.2 Å². The van der Waals surface area contributed by atoms with E-state index in [-0.39, 0.29) is 18.4 Å². The fourth-order valence-electron chi connectivity index (χ4n) is 4.99. The third kappa shape index (κ3) is 8.74. The first-order chi connectivity index (χ1) is 19.7. The van der Waals surface area contributed by atoms with Gasteiger partial charge in [-0.3, -0.25) is 9.69 Å². The van der Waals surface area contributed by atoms with Crippen LogP contribution in [-0.4, -0.2) is 38.0 Å². The molecular formula is C32H34F3NO5. The number of esters is 1. The molecule has 1 saturated carbocycles. The molecule has 0 N–H and O–H groups in total. The van der Waals surface area contributed by atoms with Gasteiger partial charge < -0.3 is 14.2 Å². The van der Waals surface area contributed by atoms with Gasteiger partial charge in [-0.1, -0.05) is 55.0 Å². The molecular weight excluding hydrogens is 535 g/mol. The van der Waals surface area contributed by atoms with Gasteiger partial charge in [0, 0.05) is 6.54 Å². The van der Waals surface area contributed by atoms with Gasteiger partial charge in [0.2, 0.25) is 0 Å². The molecule has 0 saturated heterocycles.